The summed E-state index contributed by atoms with van der Waals surface area (Å²) in [7, 11) is 1.61. The first-order chi connectivity index (χ1) is 11.2. The fourth-order valence-electron chi connectivity index (χ4n) is 2.74. The van der Waals surface area contributed by atoms with Gasteiger partial charge in [0.05, 0.1) is 12.8 Å². The van der Waals surface area contributed by atoms with Gasteiger partial charge in [-0.1, -0.05) is 6.07 Å². The Morgan fingerprint density at radius 2 is 1.91 bits per heavy atom. The van der Waals surface area contributed by atoms with Crippen LogP contribution >= 0.6 is 15.9 Å². The van der Waals surface area contributed by atoms with Crippen molar-refractivity contribution in [3.8, 4) is 5.75 Å². The van der Waals surface area contributed by atoms with E-state index in [1.165, 1.54) is 11.1 Å². The van der Waals surface area contributed by atoms with Crippen LogP contribution < -0.4 is 15.4 Å². The first-order valence-corrected chi connectivity index (χ1v) is 8.44. The number of methoxy groups -OCH3 is 1. The largest absolute Gasteiger partial charge is 0.497 e. The Balaban J connectivity index is 1.82. The molecule has 5 heteroatoms. The van der Waals surface area contributed by atoms with Crippen LogP contribution in [0.4, 0.5) is 5.69 Å². The molecule has 1 amide bonds. The monoisotopic (exact) mass is 374 g/mol. The summed E-state index contributed by atoms with van der Waals surface area (Å²) in [6.07, 6.45) is 1.97. The van der Waals surface area contributed by atoms with Crippen molar-refractivity contribution in [2.75, 3.05) is 25.5 Å². The van der Waals surface area contributed by atoms with E-state index in [2.05, 4.69) is 32.6 Å². The number of anilines is 1. The normalized spacial score (nSPS) is 13.8. The Morgan fingerprint density at radius 1 is 1.13 bits per heavy atom. The molecule has 2 aromatic carbocycles. The summed E-state index contributed by atoms with van der Waals surface area (Å²) in [4.78, 5) is 12.5. The molecule has 0 atom stereocenters. The van der Waals surface area contributed by atoms with E-state index in [1.807, 2.05) is 24.3 Å². The molecule has 0 fully saturated rings. The number of halogens is 1. The zero-order valence-electron chi connectivity index (χ0n) is 13.0. The minimum atomic E-state index is -0.112. The summed E-state index contributed by atoms with van der Waals surface area (Å²) in [5.74, 6) is 0.593. The van der Waals surface area contributed by atoms with E-state index in [9.17, 15) is 4.79 Å². The standard InChI is InChI=1S/C18H19BrN2O2/c1-23-15-4-5-16(19)17(11-15)21-18(22)14-3-2-12-6-8-20-9-7-13(12)10-14/h2-5,10-11,20H,6-9H2,1H3,(H,21,22). The first kappa shape index (κ1) is 16.0. The molecule has 0 aromatic heterocycles. The first-order valence-electron chi connectivity index (χ1n) is 7.65. The highest BCUT2D eigenvalue weighted by molar-refractivity contribution is 9.10. The molecule has 1 aliphatic heterocycles. The number of rotatable bonds is 3. The van der Waals surface area contributed by atoms with Crippen molar-refractivity contribution in [3.05, 3.63) is 57.6 Å². The Morgan fingerprint density at radius 3 is 2.70 bits per heavy atom. The lowest BCUT2D eigenvalue weighted by Crippen LogP contribution is -2.16. The molecule has 3 rings (SSSR count). The second kappa shape index (κ2) is 7.15. The molecule has 2 aromatic rings. The van der Waals surface area contributed by atoms with E-state index >= 15 is 0 Å². The Hall–Kier alpha value is -1.85. The molecule has 0 spiro atoms. The van der Waals surface area contributed by atoms with E-state index in [0.717, 1.165) is 30.4 Å². The van der Waals surface area contributed by atoms with Gasteiger partial charge in [0.1, 0.15) is 5.75 Å². The molecule has 0 aliphatic carbocycles. The van der Waals surface area contributed by atoms with Gasteiger partial charge in [-0.3, -0.25) is 4.79 Å². The number of hydrogen-bond donors (Lipinski definition) is 2. The number of ether oxygens (including phenoxy) is 1. The quantitative estimate of drug-likeness (QED) is 0.865. The van der Waals surface area contributed by atoms with Gasteiger partial charge in [-0.25, -0.2) is 0 Å². The highest BCUT2D eigenvalue weighted by atomic mass is 79.9. The van der Waals surface area contributed by atoms with E-state index in [0.29, 0.717) is 17.0 Å². The van der Waals surface area contributed by atoms with Crippen molar-refractivity contribution in [2.24, 2.45) is 0 Å². The molecule has 1 heterocycles. The lowest BCUT2D eigenvalue weighted by molar-refractivity contribution is 0.102. The van der Waals surface area contributed by atoms with Crippen molar-refractivity contribution < 1.29 is 9.53 Å². The third-order valence-corrected chi connectivity index (χ3v) is 4.72. The maximum Gasteiger partial charge on any atom is 0.255 e. The number of benzene rings is 2. The second-order valence-corrected chi connectivity index (χ2v) is 6.39. The van der Waals surface area contributed by atoms with Crippen molar-refractivity contribution in [1.82, 2.24) is 5.32 Å². The maximum atomic E-state index is 12.5. The fourth-order valence-corrected chi connectivity index (χ4v) is 3.08. The molecule has 0 radical (unpaired) electrons. The zero-order valence-corrected chi connectivity index (χ0v) is 14.6. The second-order valence-electron chi connectivity index (χ2n) is 5.53. The van der Waals surface area contributed by atoms with Gasteiger partial charge in [0.15, 0.2) is 0 Å². The number of fused-ring (bicyclic) bond motifs is 1. The summed E-state index contributed by atoms with van der Waals surface area (Å²) < 4.78 is 6.03. The number of amides is 1. The lowest BCUT2D eigenvalue weighted by Gasteiger charge is -2.11. The summed E-state index contributed by atoms with van der Waals surface area (Å²) in [6, 6.07) is 11.5. The smallest absolute Gasteiger partial charge is 0.255 e. The molecule has 120 valence electrons. The van der Waals surface area contributed by atoms with Crippen LogP contribution in [0.1, 0.15) is 21.5 Å². The summed E-state index contributed by atoms with van der Waals surface area (Å²) in [6.45, 7) is 1.95. The van der Waals surface area contributed by atoms with Gasteiger partial charge >= 0.3 is 0 Å². The average Bonchev–Trinajstić information content (AvgIpc) is 2.81. The molecule has 0 saturated carbocycles. The van der Waals surface area contributed by atoms with Crippen LogP contribution in [0, 0.1) is 0 Å². The molecular weight excluding hydrogens is 356 g/mol. The summed E-state index contributed by atoms with van der Waals surface area (Å²) >= 11 is 3.45. The van der Waals surface area contributed by atoms with Crippen LogP contribution in [0.15, 0.2) is 40.9 Å². The van der Waals surface area contributed by atoms with Crippen molar-refractivity contribution in [1.29, 1.82) is 0 Å². The molecule has 2 N–H and O–H groups in total. The third-order valence-electron chi connectivity index (χ3n) is 4.03. The fraction of sp³-hybridized carbons (Fsp3) is 0.278. The Labute approximate surface area is 144 Å². The van der Waals surface area contributed by atoms with Crippen LogP contribution in [-0.2, 0) is 12.8 Å². The summed E-state index contributed by atoms with van der Waals surface area (Å²) in [5.41, 5.74) is 3.97. The van der Waals surface area contributed by atoms with E-state index in [1.54, 1.807) is 13.2 Å². The molecule has 0 bridgehead atoms. The van der Waals surface area contributed by atoms with Gasteiger partial charge in [-0.2, -0.15) is 0 Å². The predicted molar refractivity (Wildman–Crippen MR) is 95.4 cm³/mol. The van der Waals surface area contributed by atoms with Gasteiger partial charge in [-0.15, -0.1) is 0 Å². The van der Waals surface area contributed by atoms with Crippen LogP contribution in [-0.4, -0.2) is 26.1 Å². The predicted octanol–water partition coefficient (Wildman–Crippen LogP) is 3.40. The Bertz CT molecular complexity index is 731. The van der Waals surface area contributed by atoms with Gasteiger partial charge in [0.25, 0.3) is 5.91 Å². The minimum Gasteiger partial charge on any atom is -0.497 e. The summed E-state index contributed by atoms with van der Waals surface area (Å²) in [5, 5.41) is 6.32. The van der Waals surface area contributed by atoms with Gasteiger partial charge < -0.3 is 15.4 Å². The number of carbonyl (C=O) groups excluding carboxylic acids is 1. The third kappa shape index (κ3) is 3.74. The lowest BCUT2D eigenvalue weighted by atomic mass is 10.00. The van der Waals surface area contributed by atoms with E-state index in [-0.39, 0.29) is 5.91 Å². The Kier molecular flexibility index (Phi) is 4.98. The van der Waals surface area contributed by atoms with Crippen LogP contribution in [0.3, 0.4) is 0 Å². The minimum absolute atomic E-state index is 0.112. The molecule has 23 heavy (non-hydrogen) atoms. The number of carbonyl (C=O) groups is 1. The maximum absolute atomic E-state index is 12.5. The van der Waals surface area contributed by atoms with Crippen LogP contribution in [0.5, 0.6) is 5.75 Å². The zero-order chi connectivity index (χ0) is 16.2. The molecule has 0 saturated heterocycles. The van der Waals surface area contributed by atoms with E-state index < -0.39 is 0 Å². The molecule has 4 nitrogen and oxygen atoms in total. The van der Waals surface area contributed by atoms with Gasteiger partial charge in [0.2, 0.25) is 0 Å². The number of nitrogens with one attached hydrogen (secondary N) is 2. The van der Waals surface area contributed by atoms with Gasteiger partial charge in [-0.05, 0) is 77.3 Å². The molecular formula is C18H19BrN2O2. The SMILES string of the molecule is COc1ccc(Br)c(NC(=O)c2ccc3c(c2)CCNCC3)c1. The topological polar surface area (TPSA) is 50.4 Å². The van der Waals surface area contributed by atoms with Crippen LogP contribution in [0.2, 0.25) is 0 Å². The van der Waals surface area contributed by atoms with Crippen molar-refractivity contribution >= 4 is 27.5 Å². The average molecular weight is 375 g/mol. The molecule has 1 aliphatic rings. The van der Waals surface area contributed by atoms with Gasteiger partial charge in [0, 0.05) is 16.1 Å². The van der Waals surface area contributed by atoms with Crippen molar-refractivity contribution in [3.63, 3.8) is 0 Å². The van der Waals surface area contributed by atoms with Crippen LogP contribution in [0.25, 0.3) is 0 Å². The molecule has 0 unspecified atom stereocenters. The highest BCUT2D eigenvalue weighted by Gasteiger charge is 2.13. The highest BCUT2D eigenvalue weighted by Crippen LogP contribution is 2.27. The number of hydrogen-bond acceptors (Lipinski definition) is 3. The van der Waals surface area contributed by atoms with Crippen molar-refractivity contribution in [2.45, 2.75) is 12.8 Å². The van der Waals surface area contributed by atoms with E-state index in [4.69, 9.17) is 4.74 Å².